The fraction of sp³-hybridized carbons (Fsp3) is 0.880. The number of nitrogens with zero attached hydrogens (tertiary/aromatic N) is 3. The van der Waals surface area contributed by atoms with Gasteiger partial charge >= 0.3 is 0 Å². The van der Waals surface area contributed by atoms with Crippen LogP contribution in [0.1, 0.15) is 72.6 Å². The molecule has 3 aliphatic rings. The predicted octanol–water partition coefficient (Wildman–Crippen LogP) is 2.50. The molecule has 7 nitrogen and oxygen atoms in total. The van der Waals surface area contributed by atoms with Gasteiger partial charge in [-0.15, -0.1) is 0 Å². The van der Waals surface area contributed by atoms with Crippen LogP contribution >= 0.6 is 0 Å². The van der Waals surface area contributed by atoms with Gasteiger partial charge in [0.25, 0.3) is 0 Å². The number of likely N-dealkylation sites (tertiary alicyclic amines) is 2. The molecule has 0 bridgehead atoms. The monoisotopic (exact) mass is 448 g/mol. The standard InChI is InChI=1S/C25H44N4O3/c1-18(2)15-21-24(31)29(14-9-26-21)22(16-19(3)4)25(32)28-12-7-20(8-13-28)17-23(30)27-10-5-6-11-27/h18-22,26H,5-17H2,1-4H3/t21-,22-/m0/s1. The Balaban J connectivity index is 1.58. The van der Waals surface area contributed by atoms with Gasteiger partial charge in [-0.05, 0) is 56.3 Å². The first kappa shape index (κ1) is 25.0. The lowest BCUT2D eigenvalue weighted by Gasteiger charge is -2.42. The molecule has 0 aromatic heterocycles. The third-order valence-electron chi connectivity index (χ3n) is 7.24. The molecule has 3 amide bonds. The molecule has 3 fully saturated rings. The van der Waals surface area contributed by atoms with Gasteiger partial charge in [-0.1, -0.05) is 27.7 Å². The average molecular weight is 449 g/mol. The van der Waals surface area contributed by atoms with Crippen molar-refractivity contribution in [3.63, 3.8) is 0 Å². The van der Waals surface area contributed by atoms with Gasteiger partial charge in [-0.2, -0.15) is 0 Å². The molecule has 182 valence electrons. The van der Waals surface area contributed by atoms with Gasteiger partial charge < -0.3 is 20.0 Å². The summed E-state index contributed by atoms with van der Waals surface area (Å²) in [5, 5.41) is 3.35. The molecule has 0 aromatic rings. The number of hydrogen-bond acceptors (Lipinski definition) is 4. The molecule has 0 radical (unpaired) electrons. The maximum Gasteiger partial charge on any atom is 0.245 e. The minimum atomic E-state index is -0.373. The molecule has 0 saturated carbocycles. The molecule has 0 aliphatic carbocycles. The summed E-state index contributed by atoms with van der Waals surface area (Å²) in [6.07, 6.45) is 6.12. The van der Waals surface area contributed by atoms with Crippen LogP contribution in [-0.2, 0) is 14.4 Å². The van der Waals surface area contributed by atoms with E-state index in [9.17, 15) is 14.4 Å². The number of nitrogens with one attached hydrogen (secondary N) is 1. The predicted molar refractivity (Wildman–Crippen MR) is 126 cm³/mol. The van der Waals surface area contributed by atoms with Crippen molar-refractivity contribution < 1.29 is 14.4 Å². The molecule has 3 saturated heterocycles. The summed E-state index contributed by atoms with van der Waals surface area (Å²) in [7, 11) is 0. The molecule has 3 aliphatic heterocycles. The Hall–Kier alpha value is -1.63. The van der Waals surface area contributed by atoms with E-state index in [0.29, 0.717) is 50.2 Å². The largest absolute Gasteiger partial charge is 0.343 e. The van der Waals surface area contributed by atoms with Crippen molar-refractivity contribution >= 4 is 17.7 Å². The minimum Gasteiger partial charge on any atom is -0.343 e. The molecular formula is C25H44N4O3. The van der Waals surface area contributed by atoms with E-state index in [2.05, 4.69) is 33.0 Å². The highest BCUT2D eigenvalue weighted by Gasteiger charge is 2.39. The van der Waals surface area contributed by atoms with Crippen LogP contribution in [0, 0.1) is 17.8 Å². The SMILES string of the molecule is CC(C)C[C@@H]1NCCN([C@@H](CC(C)C)C(=O)N2CCC(CC(=O)N3CCCC3)CC2)C1=O. The molecule has 3 rings (SSSR count). The van der Waals surface area contributed by atoms with Crippen LogP contribution in [0.2, 0.25) is 0 Å². The number of piperidine rings is 1. The second kappa shape index (κ2) is 11.5. The minimum absolute atomic E-state index is 0.0787. The molecule has 0 unspecified atom stereocenters. The molecule has 7 heteroatoms. The second-order valence-corrected chi connectivity index (χ2v) is 10.9. The summed E-state index contributed by atoms with van der Waals surface area (Å²) in [6.45, 7) is 13.0. The number of piperazine rings is 1. The first-order valence-electron chi connectivity index (χ1n) is 12.9. The first-order chi connectivity index (χ1) is 15.3. The molecule has 3 heterocycles. The lowest BCUT2D eigenvalue weighted by Crippen LogP contribution is -2.62. The Labute approximate surface area is 194 Å². The maximum atomic E-state index is 13.6. The molecule has 0 aromatic carbocycles. The van der Waals surface area contributed by atoms with Gasteiger partial charge in [0.2, 0.25) is 17.7 Å². The Morgan fingerprint density at radius 3 is 2.19 bits per heavy atom. The highest BCUT2D eigenvalue weighted by molar-refractivity contribution is 5.90. The Morgan fingerprint density at radius 1 is 0.938 bits per heavy atom. The van der Waals surface area contributed by atoms with Crippen molar-refractivity contribution in [3.05, 3.63) is 0 Å². The van der Waals surface area contributed by atoms with Gasteiger partial charge in [-0.3, -0.25) is 14.4 Å². The Morgan fingerprint density at radius 2 is 1.59 bits per heavy atom. The van der Waals surface area contributed by atoms with E-state index in [4.69, 9.17) is 0 Å². The van der Waals surface area contributed by atoms with Gasteiger partial charge in [0.05, 0.1) is 6.04 Å². The van der Waals surface area contributed by atoms with E-state index in [-0.39, 0.29) is 29.8 Å². The van der Waals surface area contributed by atoms with Gasteiger partial charge in [0.15, 0.2) is 0 Å². The molecule has 1 N–H and O–H groups in total. The van der Waals surface area contributed by atoms with Gasteiger partial charge in [-0.25, -0.2) is 0 Å². The molecular weight excluding hydrogens is 404 g/mol. The van der Waals surface area contributed by atoms with Crippen molar-refractivity contribution in [3.8, 4) is 0 Å². The summed E-state index contributed by atoms with van der Waals surface area (Å²) < 4.78 is 0. The van der Waals surface area contributed by atoms with E-state index < -0.39 is 0 Å². The molecule has 0 spiro atoms. The lowest BCUT2D eigenvalue weighted by atomic mass is 9.91. The smallest absolute Gasteiger partial charge is 0.245 e. The van der Waals surface area contributed by atoms with Crippen molar-refractivity contribution in [1.82, 2.24) is 20.0 Å². The summed E-state index contributed by atoms with van der Waals surface area (Å²) in [5.41, 5.74) is 0. The first-order valence-corrected chi connectivity index (χ1v) is 12.9. The fourth-order valence-corrected chi connectivity index (χ4v) is 5.44. The third kappa shape index (κ3) is 6.46. The number of rotatable bonds is 8. The van der Waals surface area contributed by atoms with Crippen molar-refractivity contribution in [2.75, 3.05) is 39.3 Å². The molecule has 32 heavy (non-hydrogen) atoms. The zero-order valence-electron chi connectivity index (χ0n) is 20.6. The van der Waals surface area contributed by atoms with Gasteiger partial charge in [0.1, 0.15) is 6.04 Å². The van der Waals surface area contributed by atoms with Gasteiger partial charge in [0, 0.05) is 45.7 Å². The second-order valence-electron chi connectivity index (χ2n) is 10.9. The number of amides is 3. The summed E-state index contributed by atoms with van der Waals surface area (Å²) in [6, 6.07) is -0.560. The molecule has 2 atom stereocenters. The normalized spacial score (nSPS) is 24.0. The van der Waals surface area contributed by atoms with E-state index in [1.54, 1.807) is 0 Å². The van der Waals surface area contributed by atoms with Crippen LogP contribution in [0.25, 0.3) is 0 Å². The fourth-order valence-electron chi connectivity index (χ4n) is 5.44. The van der Waals surface area contributed by atoms with E-state index in [0.717, 1.165) is 51.7 Å². The summed E-state index contributed by atoms with van der Waals surface area (Å²) in [5.74, 6) is 1.60. The van der Waals surface area contributed by atoms with Crippen molar-refractivity contribution in [2.45, 2.75) is 84.7 Å². The van der Waals surface area contributed by atoms with Crippen molar-refractivity contribution in [1.29, 1.82) is 0 Å². The number of hydrogen-bond donors (Lipinski definition) is 1. The van der Waals surface area contributed by atoms with E-state index in [1.165, 1.54) is 0 Å². The van der Waals surface area contributed by atoms with E-state index >= 15 is 0 Å². The summed E-state index contributed by atoms with van der Waals surface area (Å²) in [4.78, 5) is 45.1. The zero-order chi connectivity index (χ0) is 23.3. The van der Waals surface area contributed by atoms with Crippen LogP contribution in [-0.4, -0.2) is 83.8 Å². The van der Waals surface area contributed by atoms with E-state index in [1.807, 2.05) is 14.7 Å². The third-order valence-corrected chi connectivity index (χ3v) is 7.24. The van der Waals surface area contributed by atoms with Crippen LogP contribution in [0.5, 0.6) is 0 Å². The van der Waals surface area contributed by atoms with Crippen molar-refractivity contribution in [2.24, 2.45) is 17.8 Å². The maximum absolute atomic E-state index is 13.6. The van der Waals surface area contributed by atoms with Crippen LogP contribution < -0.4 is 5.32 Å². The Kier molecular flexibility index (Phi) is 8.97. The topological polar surface area (TPSA) is 73.0 Å². The number of carbonyl (C=O) groups is 3. The van der Waals surface area contributed by atoms with Crippen LogP contribution in [0.4, 0.5) is 0 Å². The number of carbonyl (C=O) groups excluding carboxylic acids is 3. The average Bonchev–Trinajstić information content (AvgIpc) is 3.28. The summed E-state index contributed by atoms with van der Waals surface area (Å²) >= 11 is 0. The highest BCUT2D eigenvalue weighted by atomic mass is 16.2. The highest BCUT2D eigenvalue weighted by Crippen LogP contribution is 2.26. The quantitative estimate of drug-likeness (QED) is 0.619. The van der Waals surface area contributed by atoms with Crippen LogP contribution in [0.3, 0.4) is 0 Å². The lowest BCUT2D eigenvalue weighted by molar-refractivity contribution is -0.150. The Bertz CT molecular complexity index is 652. The van der Waals surface area contributed by atoms with Crippen LogP contribution in [0.15, 0.2) is 0 Å². The zero-order valence-corrected chi connectivity index (χ0v) is 20.6.